The van der Waals surface area contributed by atoms with Gasteiger partial charge in [0.05, 0.1) is 6.67 Å². The van der Waals surface area contributed by atoms with Crippen LogP contribution in [0.2, 0.25) is 0 Å². The van der Waals surface area contributed by atoms with Gasteiger partial charge in [0, 0.05) is 48.0 Å². The minimum Gasteiger partial charge on any atom is -0.326 e. The van der Waals surface area contributed by atoms with Crippen LogP contribution in [0.5, 0.6) is 0 Å². The molecule has 2 N–H and O–H groups in total. The molecule has 4 bridgehead atoms. The predicted octanol–water partition coefficient (Wildman–Crippen LogP) is 1.23. The summed E-state index contributed by atoms with van der Waals surface area (Å²) in [6.45, 7) is 5.78. The Hall–Kier alpha value is -0.420. The summed E-state index contributed by atoms with van der Waals surface area (Å²) in [6, 6.07) is 9.10. The molecule has 0 aromatic heterocycles. The van der Waals surface area contributed by atoms with Crippen molar-refractivity contribution in [3.8, 4) is 0 Å². The van der Waals surface area contributed by atoms with E-state index in [0.717, 1.165) is 24.2 Å². The molecule has 0 radical (unpaired) electrons. The molecule has 1 aromatic carbocycles. The van der Waals surface area contributed by atoms with Crippen LogP contribution in [0.25, 0.3) is 0 Å². The monoisotopic (exact) mass is 307 g/mol. The molecule has 4 aliphatic heterocycles. The molecular weight excluding hydrogens is 290 g/mol. The van der Waals surface area contributed by atoms with E-state index in [0.29, 0.717) is 12.0 Å². The Kier molecular flexibility index (Phi) is 2.40. The van der Waals surface area contributed by atoms with Crippen LogP contribution in [0.15, 0.2) is 28.7 Å². The van der Waals surface area contributed by atoms with Crippen LogP contribution in [0.1, 0.15) is 5.56 Å². The molecule has 0 saturated carbocycles. The van der Waals surface area contributed by atoms with Gasteiger partial charge in [-0.1, -0.05) is 28.1 Å². The number of hydrogen-bond acceptors (Lipinski definition) is 3. The zero-order valence-corrected chi connectivity index (χ0v) is 11.9. The Morgan fingerprint density at radius 3 is 2.33 bits per heavy atom. The molecule has 0 aliphatic carbocycles. The highest BCUT2D eigenvalue weighted by Gasteiger charge is 2.55. The standard InChI is InChI=1S/C14H18BrN3/c15-12-3-1-11(2-4-12)14-7-17-5-10(13(14)16)6-18(8-14)9-17/h1-4,10,13H,5-9,16H2. The first kappa shape index (κ1) is 11.4. The maximum atomic E-state index is 6.61. The second-order valence-corrected chi connectivity index (χ2v) is 7.03. The highest BCUT2D eigenvalue weighted by molar-refractivity contribution is 9.10. The average molecular weight is 308 g/mol. The van der Waals surface area contributed by atoms with Gasteiger partial charge in [-0.05, 0) is 17.7 Å². The Labute approximate surface area is 116 Å². The molecule has 5 rings (SSSR count). The molecule has 4 aliphatic rings. The molecule has 3 atom stereocenters. The van der Waals surface area contributed by atoms with Crippen LogP contribution in [0.4, 0.5) is 0 Å². The molecule has 4 heterocycles. The van der Waals surface area contributed by atoms with Crippen molar-refractivity contribution < 1.29 is 0 Å². The lowest BCUT2D eigenvalue weighted by Crippen LogP contribution is -2.77. The van der Waals surface area contributed by atoms with Gasteiger partial charge in [0.2, 0.25) is 0 Å². The fourth-order valence-electron chi connectivity index (χ4n) is 4.24. The third-order valence-corrected chi connectivity index (χ3v) is 5.49. The number of rotatable bonds is 1. The quantitative estimate of drug-likeness (QED) is 0.847. The van der Waals surface area contributed by atoms with Gasteiger partial charge < -0.3 is 5.73 Å². The Balaban J connectivity index is 1.79. The summed E-state index contributed by atoms with van der Waals surface area (Å²) in [5.74, 6) is 0.643. The highest BCUT2D eigenvalue weighted by Crippen LogP contribution is 2.43. The van der Waals surface area contributed by atoms with Gasteiger partial charge in [0.25, 0.3) is 0 Å². The zero-order valence-electron chi connectivity index (χ0n) is 10.3. The molecular formula is C14H18BrN3. The molecule has 4 heteroatoms. The normalized spacial score (nSPS) is 45.4. The van der Waals surface area contributed by atoms with E-state index < -0.39 is 0 Å². The third kappa shape index (κ3) is 1.46. The van der Waals surface area contributed by atoms with Crippen molar-refractivity contribution in [3.05, 3.63) is 34.3 Å². The molecule has 4 saturated heterocycles. The summed E-state index contributed by atoms with van der Waals surface area (Å²) in [5.41, 5.74) is 8.17. The van der Waals surface area contributed by atoms with E-state index in [1.165, 1.54) is 18.7 Å². The number of benzene rings is 1. The van der Waals surface area contributed by atoms with Crippen molar-refractivity contribution >= 4 is 15.9 Å². The molecule has 1 aromatic rings. The van der Waals surface area contributed by atoms with E-state index in [-0.39, 0.29) is 5.41 Å². The first-order valence-corrected chi connectivity index (χ1v) is 7.43. The Bertz CT molecular complexity index is 458. The van der Waals surface area contributed by atoms with Crippen LogP contribution >= 0.6 is 15.9 Å². The number of nitrogens with two attached hydrogens (primary N) is 1. The minimum absolute atomic E-state index is 0.153. The Morgan fingerprint density at radius 1 is 1.11 bits per heavy atom. The fraction of sp³-hybridized carbons (Fsp3) is 0.571. The maximum absolute atomic E-state index is 6.61. The summed E-state index contributed by atoms with van der Waals surface area (Å²) in [7, 11) is 0. The average Bonchev–Trinajstić information content (AvgIpc) is 2.35. The summed E-state index contributed by atoms with van der Waals surface area (Å²) in [4.78, 5) is 5.14. The number of nitrogens with zero attached hydrogens (tertiary/aromatic N) is 2. The molecule has 3 unspecified atom stereocenters. The van der Waals surface area contributed by atoms with E-state index in [1.807, 2.05) is 0 Å². The Morgan fingerprint density at radius 2 is 1.72 bits per heavy atom. The predicted molar refractivity (Wildman–Crippen MR) is 75.3 cm³/mol. The first-order valence-electron chi connectivity index (χ1n) is 6.64. The van der Waals surface area contributed by atoms with Crippen LogP contribution in [0.3, 0.4) is 0 Å². The van der Waals surface area contributed by atoms with Crippen LogP contribution < -0.4 is 5.73 Å². The van der Waals surface area contributed by atoms with Crippen molar-refractivity contribution in [2.45, 2.75) is 11.5 Å². The van der Waals surface area contributed by atoms with E-state index >= 15 is 0 Å². The topological polar surface area (TPSA) is 32.5 Å². The lowest BCUT2D eigenvalue weighted by molar-refractivity contribution is -0.0991. The van der Waals surface area contributed by atoms with Gasteiger partial charge in [0.15, 0.2) is 0 Å². The van der Waals surface area contributed by atoms with Gasteiger partial charge in [0.1, 0.15) is 0 Å². The maximum Gasteiger partial charge on any atom is 0.0507 e. The molecule has 96 valence electrons. The van der Waals surface area contributed by atoms with Gasteiger partial charge in [-0.25, -0.2) is 0 Å². The highest BCUT2D eigenvalue weighted by atomic mass is 79.9. The number of piperidine rings is 2. The third-order valence-electron chi connectivity index (χ3n) is 4.96. The van der Waals surface area contributed by atoms with Gasteiger partial charge >= 0.3 is 0 Å². The van der Waals surface area contributed by atoms with Gasteiger partial charge in [-0.2, -0.15) is 0 Å². The van der Waals surface area contributed by atoms with Gasteiger partial charge in [-0.15, -0.1) is 0 Å². The second kappa shape index (κ2) is 3.79. The summed E-state index contributed by atoms with van der Waals surface area (Å²) in [6.07, 6.45) is 0. The summed E-state index contributed by atoms with van der Waals surface area (Å²) < 4.78 is 1.14. The van der Waals surface area contributed by atoms with Crippen molar-refractivity contribution in [2.24, 2.45) is 11.7 Å². The van der Waals surface area contributed by atoms with Crippen LogP contribution in [-0.4, -0.2) is 48.7 Å². The van der Waals surface area contributed by atoms with Crippen molar-refractivity contribution in [2.75, 3.05) is 32.8 Å². The van der Waals surface area contributed by atoms with E-state index in [1.54, 1.807) is 0 Å². The SMILES string of the molecule is NC1C2CN3CN(C2)CC1(c1ccc(Br)cc1)C3. The molecule has 18 heavy (non-hydrogen) atoms. The molecule has 0 amide bonds. The van der Waals surface area contributed by atoms with Gasteiger partial charge in [-0.3, -0.25) is 9.80 Å². The largest absolute Gasteiger partial charge is 0.326 e. The fourth-order valence-corrected chi connectivity index (χ4v) is 4.51. The van der Waals surface area contributed by atoms with Crippen molar-refractivity contribution in [1.29, 1.82) is 0 Å². The van der Waals surface area contributed by atoms with Crippen LogP contribution in [0, 0.1) is 5.92 Å². The lowest BCUT2D eigenvalue weighted by Gasteiger charge is -2.62. The zero-order chi connectivity index (χ0) is 12.3. The number of halogens is 1. The minimum atomic E-state index is 0.153. The smallest absolute Gasteiger partial charge is 0.0507 e. The summed E-state index contributed by atoms with van der Waals surface area (Å²) >= 11 is 3.52. The molecule has 4 fully saturated rings. The summed E-state index contributed by atoms with van der Waals surface area (Å²) in [5, 5.41) is 0. The van der Waals surface area contributed by atoms with Crippen LogP contribution in [-0.2, 0) is 5.41 Å². The first-order chi connectivity index (χ1) is 8.67. The van der Waals surface area contributed by atoms with Crippen molar-refractivity contribution in [3.63, 3.8) is 0 Å². The van der Waals surface area contributed by atoms with E-state index in [4.69, 9.17) is 5.73 Å². The molecule has 3 nitrogen and oxygen atoms in total. The molecule has 0 spiro atoms. The van der Waals surface area contributed by atoms with Crippen molar-refractivity contribution in [1.82, 2.24) is 9.80 Å². The second-order valence-electron chi connectivity index (χ2n) is 6.11. The van der Waals surface area contributed by atoms with E-state index in [9.17, 15) is 0 Å². The number of hydrogen-bond donors (Lipinski definition) is 1. The van der Waals surface area contributed by atoms with E-state index in [2.05, 4.69) is 50.0 Å². The lowest BCUT2D eigenvalue weighted by atomic mass is 9.63.